The highest BCUT2D eigenvalue weighted by molar-refractivity contribution is 8.00. The molecule has 20 heavy (non-hydrogen) atoms. The Hall–Kier alpha value is -0.270. The maximum Gasteiger partial charge on any atom is 0.228 e. The third-order valence-corrected chi connectivity index (χ3v) is 7.77. The number of thioether (sulfide) groups is 1. The van der Waals surface area contributed by atoms with Crippen LogP contribution in [0.4, 0.5) is 0 Å². The van der Waals surface area contributed by atoms with Crippen LogP contribution in [0.5, 0.6) is 0 Å². The largest absolute Gasteiger partial charge is 0.327 e. The number of amides is 1. The fraction of sp³-hybridized carbons (Fsp3) is 0.923. The molecule has 0 aromatic carbocycles. The van der Waals surface area contributed by atoms with Crippen LogP contribution >= 0.6 is 11.8 Å². The number of rotatable bonds is 2. The Morgan fingerprint density at radius 2 is 2.00 bits per heavy atom. The predicted molar refractivity (Wildman–Crippen MR) is 80.0 cm³/mol. The van der Waals surface area contributed by atoms with Gasteiger partial charge >= 0.3 is 0 Å². The summed E-state index contributed by atoms with van der Waals surface area (Å²) in [5.41, 5.74) is 6.22. The summed E-state index contributed by atoms with van der Waals surface area (Å²) in [5, 5.41) is -0.667. The van der Waals surface area contributed by atoms with Crippen LogP contribution in [0.3, 0.4) is 0 Å². The number of sulfone groups is 1. The highest BCUT2D eigenvalue weighted by atomic mass is 32.2. The van der Waals surface area contributed by atoms with Crippen molar-refractivity contribution in [3.8, 4) is 0 Å². The van der Waals surface area contributed by atoms with E-state index in [0.717, 1.165) is 25.0 Å². The molecular formula is C13H22N2O3S2. The Balaban J connectivity index is 1.82. The Bertz CT molecular complexity index is 506. The maximum absolute atomic E-state index is 12.8. The Morgan fingerprint density at radius 1 is 1.30 bits per heavy atom. The number of hydrogen-bond acceptors (Lipinski definition) is 5. The summed E-state index contributed by atoms with van der Waals surface area (Å²) in [6.45, 7) is 0.530. The van der Waals surface area contributed by atoms with Crippen molar-refractivity contribution in [2.75, 3.05) is 24.3 Å². The molecule has 0 radical (unpaired) electrons. The second-order valence-corrected chi connectivity index (χ2v) is 9.68. The summed E-state index contributed by atoms with van der Waals surface area (Å²) in [4.78, 5) is 14.4. The molecule has 2 saturated carbocycles. The summed E-state index contributed by atoms with van der Waals surface area (Å²) >= 11 is 1.61. The average Bonchev–Trinajstić information content (AvgIpc) is 2.98. The van der Waals surface area contributed by atoms with Gasteiger partial charge < -0.3 is 10.6 Å². The zero-order valence-electron chi connectivity index (χ0n) is 11.7. The van der Waals surface area contributed by atoms with Crippen LogP contribution in [0.1, 0.15) is 19.3 Å². The van der Waals surface area contributed by atoms with E-state index in [4.69, 9.17) is 5.73 Å². The van der Waals surface area contributed by atoms with Crippen LogP contribution < -0.4 is 5.73 Å². The van der Waals surface area contributed by atoms with Crippen LogP contribution in [-0.2, 0) is 14.6 Å². The van der Waals surface area contributed by atoms with E-state index >= 15 is 0 Å². The number of carbonyl (C=O) groups excluding carboxylic acids is 1. The number of fused-ring (bicyclic) bond motifs is 2. The van der Waals surface area contributed by atoms with Crippen LogP contribution in [0, 0.1) is 17.8 Å². The molecule has 5 unspecified atom stereocenters. The molecule has 1 saturated heterocycles. The fourth-order valence-electron chi connectivity index (χ4n) is 4.08. The molecule has 3 rings (SSSR count). The lowest BCUT2D eigenvalue weighted by molar-refractivity contribution is -0.138. The average molecular weight is 318 g/mol. The van der Waals surface area contributed by atoms with E-state index in [1.165, 1.54) is 6.26 Å². The van der Waals surface area contributed by atoms with Gasteiger partial charge in [-0.2, -0.15) is 11.8 Å². The molecule has 2 aliphatic carbocycles. The van der Waals surface area contributed by atoms with Gasteiger partial charge in [-0.15, -0.1) is 0 Å². The van der Waals surface area contributed by atoms with Gasteiger partial charge in [-0.25, -0.2) is 8.42 Å². The van der Waals surface area contributed by atoms with E-state index in [2.05, 4.69) is 0 Å². The number of nitrogens with zero attached hydrogens (tertiary/aromatic N) is 1. The molecule has 0 spiro atoms. The summed E-state index contributed by atoms with van der Waals surface area (Å²) in [6, 6.07) is -0.0731. The van der Waals surface area contributed by atoms with E-state index in [0.29, 0.717) is 24.1 Å². The second-order valence-electron chi connectivity index (χ2n) is 6.33. The smallest absolute Gasteiger partial charge is 0.228 e. The van der Waals surface area contributed by atoms with Crippen molar-refractivity contribution < 1.29 is 13.2 Å². The van der Waals surface area contributed by atoms with E-state index in [-0.39, 0.29) is 17.9 Å². The monoisotopic (exact) mass is 318 g/mol. The molecule has 3 aliphatic rings. The molecule has 0 aromatic heterocycles. The van der Waals surface area contributed by atoms with Gasteiger partial charge in [0.2, 0.25) is 5.91 Å². The third kappa shape index (κ3) is 2.37. The van der Waals surface area contributed by atoms with Gasteiger partial charge in [0.05, 0.1) is 5.92 Å². The molecule has 7 heteroatoms. The number of carbonyl (C=O) groups is 1. The van der Waals surface area contributed by atoms with E-state index in [1.54, 1.807) is 16.7 Å². The van der Waals surface area contributed by atoms with Crippen molar-refractivity contribution in [2.45, 2.75) is 30.7 Å². The Kier molecular flexibility index (Phi) is 3.79. The summed E-state index contributed by atoms with van der Waals surface area (Å²) in [6.07, 6.45) is 4.47. The number of nitrogens with two attached hydrogens (primary N) is 1. The van der Waals surface area contributed by atoms with Gasteiger partial charge in [0.25, 0.3) is 0 Å². The molecule has 1 heterocycles. The minimum atomic E-state index is -3.24. The van der Waals surface area contributed by atoms with E-state index in [9.17, 15) is 13.2 Å². The van der Waals surface area contributed by atoms with Gasteiger partial charge in [-0.3, -0.25) is 4.79 Å². The minimum absolute atomic E-state index is 0.0135. The van der Waals surface area contributed by atoms with Crippen LogP contribution in [0.2, 0.25) is 0 Å². The van der Waals surface area contributed by atoms with Gasteiger partial charge in [0, 0.05) is 30.3 Å². The molecular weight excluding hydrogens is 296 g/mol. The fourth-order valence-corrected chi connectivity index (χ4v) is 6.90. The highest BCUT2D eigenvalue weighted by Crippen LogP contribution is 2.48. The summed E-state index contributed by atoms with van der Waals surface area (Å²) in [5.74, 6) is 1.97. The molecule has 0 aromatic rings. The third-order valence-electron chi connectivity index (χ3n) is 5.13. The van der Waals surface area contributed by atoms with Crippen molar-refractivity contribution in [3.63, 3.8) is 0 Å². The summed E-state index contributed by atoms with van der Waals surface area (Å²) < 4.78 is 23.8. The van der Waals surface area contributed by atoms with Crippen molar-refractivity contribution in [2.24, 2.45) is 23.5 Å². The second kappa shape index (κ2) is 5.18. The molecule has 2 N–H and O–H groups in total. The zero-order chi connectivity index (χ0) is 14.5. The van der Waals surface area contributed by atoms with Gasteiger partial charge in [0.1, 0.15) is 5.37 Å². The van der Waals surface area contributed by atoms with Gasteiger partial charge in [-0.05, 0) is 31.1 Å². The molecule has 1 amide bonds. The molecule has 2 bridgehead atoms. The Labute approximate surface area is 124 Å². The maximum atomic E-state index is 12.8. The van der Waals surface area contributed by atoms with Crippen molar-refractivity contribution in [1.29, 1.82) is 0 Å². The van der Waals surface area contributed by atoms with Crippen LogP contribution in [0.15, 0.2) is 0 Å². The molecule has 114 valence electrons. The first-order valence-electron chi connectivity index (χ1n) is 7.22. The van der Waals surface area contributed by atoms with E-state index in [1.807, 2.05) is 0 Å². The number of hydrogen-bond donors (Lipinski definition) is 1. The van der Waals surface area contributed by atoms with Crippen molar-refractivity contribution in [3.05, 3.63) is 0 Å². The van der Waals surface area contributed by atoms with Gasteiger partial charge in [-0.1, -0.05) is 0 Å². The SMILES string of the molecule is CS(=O)(=O)C1CSCCN1C(=O)C1C2CCC(C2)C1N. The highest BCUT2D eigenvalue weighted by Gasteiger charge is 2.51. The zero-order valence-corrected chi connectivity index (χ0v) is 13.3. The minimum Gasteiger partial charge on any atom is -0.327 e. The summed E-state index contributed by atoms with van der Waals surface area (Å²) in [7, 11) is -3.24. The topological polar surface area (TPSA) is 80.5 Å². The lowest BCUT2D eigenvalue weighted by Gasteiger charge is -2.38. The van der Waals surface area contributed by atoms with Crippen molar-refractivity contribution in [1.82, 2.24) is 4.90 Å². The van der Waals surface area contributed by atoms with Crippen LogP contribution in [-0.4, -0.2) is 54.9 Å². The van der Waals surface area contributed by atoms with Crippen LogP contribution in [0.25, 0.3) is 0 Å². The lowest BCUT2D eigenvalue weighted by Crippen LogP contribution is -2.55. The van der Waals surface area contributed by atoms with Gasteiger partial charge in [0.15, 0.2) is 9.84 Å². The lowest BCUT2D eigenvalue weighted by atomic mass is 9.84. The molecule has 3 fully saturated rings. The Morgan fingerprint density at radius 3 is 2.60 bits per heavy atom. The molecule has 5 atom stereocenters. The first-order valence-corrected chi connectivity index (χ1v) is 10.3. The molecule has 1 aliphatic heterocycles. The normalized spacial score (nSPS) is 41.1. The molecule has 5 nitrogen and oxygen atoms in total. The predicted octanol–water partition coefficient (Wildman–Crippen LogP) is 0.306. The first-order chi connectivity index (χ1) is 9.39. The quantitative estimate of drug-likeness (QED) is 0.792. The standard InChI is InChI=1S/C13H22N2O3S2/c1-20(17,18)10-7-19-5-4-15(10)13(16)11-8-2-3-9(6-8)12(11)14/h8-12H,2-7,14H2,1H3. The van der Waals surface area contributed by atoms with E-state index < -0.39 is 15.2 Å². The van der Waals surface area contributed by atoms with Crippen molar-refractivity contribution >= 4 is 27.5 Å². The first kappa shape index (κ1) is 14.7.